The molecule has 0 spiro atoms. The fourth-order valence-electron chi connectivity index (χ4n) is 1.95. The highest BCUT2D eigenvalue weighted by Gasteiger charge is 2.17. The molecule has 2 aromatic rings. The van der Waals surface area contributed by atoms with E-state index in [0.717, 1.165) is 5.56 Å². The zero-order valence-electron chi connectivity index (χ0n) is 12.0. The Labute approximate surface area is 127 Å². The van der Waals surface area contributed by atoms with Crippen LogP contribution in [0.2, 0.25) is 0 Å². The predicted octanol–water partition coefficient (Wildman–Crippen LogP) is 1.97. The first-order valence-electron chi connectivity index (χ1n) is 6.61. The smallest absolute Gasteiger partial charge is 0.270 e. The van der Waals surface area contributed by atoms with Gasteiger partial charge in [-0.1, -0.05) is 6.07 Å². The highest BCUT2D eigenvalue weighted by molar-refractivity contribution is 5.97. The number of aromatic nitrogens is 1. The molecule has 1 N–H and O–H groups in total. The summed E-state index contributed by atoms with van der Waals surface area (Å²) in [6, 6.07) is 7.64. The fourth-order valence-corrected chi connectivity index (χ4v) is 1.95. The SMILES string of the molecule is COc1ccc([N+](=O)[O-])cc1C(=O)NCCc1cccnc1. The van der Waals surface area contributed by atoms with Crippen molar-refractivity contribution in [2.24, 2.45) is 0 Å². The molecule has 0 saturated carbocycles. The average molecular weight is 301 g/mol. The summed E-state index contributed by atoms with van der Waals surface area (Å²) >= 11 is 0. The number of nitrogens with zero attached hydrogens (tertiary/aromatic N) is 2. The van der Waals surface area contributed by atoms with Gasteiger partial charge in [0.15, 0.2) is 0 Å². The molecule has 0 fully saturated rings. The number of non-ortho nitro benzene ring substituents is 1. The normalized spacial score (nSPS) is 10.0. The predicted molar refractivity (Wildman–Crippen MR) is 79.9 cm³/mol. The molecular weight excluding hydrogens is 286 g/mol. The third-order valence-corrected chi connectivity index (χ3v) is 3.06. The molecule has 0 aliphatic carbocycles. The van der Waals surface area contributed by atoms with Crippen molar-refractivity contribution in [3.63, 3.8) is 0 Å². The Balaban J connectivity index is 2.05. The van der Waals surface area contributed by atoms with Crippen LogP contribution in [0.3, 0.4) is 0 Å². The van der Waals surface area contributed by atoms with Crippen LogP contribution in [0.1, 0.15) is 15.9 Å². The number of nitro benzene ring substituents is 1. The van der Waals surface area contributed by atoms with E-state index in [1.54, 1.807) is 12.4 Å². The monoisotopic (exact) mass is 301 g/mol. The average Bonchev–Trinajstić information content (AvgIpc) is 2.55. The number of nitro groups is 1. The lowest BCUT2D eigenvalue weighted by Crippen LogP contribution is -2.26. The summed E-state index contributed by atoms with van der Waals surface area (Å²) in [7, 11) is 1.41. The van der Waals surface area contributed by atoms with Gasteiger partial charge in [0.25, 0.3) is 11.6 Å². The van der Waals surface area contributed by atoms with Gasteiger partial charge in [-0.2, -0.15) is 0 Å². The maximum Gasteiger partial charge on any atom is 0.270 e. The van der Waals surface area contributed by atoms with Crippen molar-refractivity contribution >= 4 is 11.6 Å². The van der Waals surface area contributed by atoms with E-state index >= 15 is 0 Å². The standard InChI is InChI=1S/C15H15N3O4/c1-22-14-5-4-12(18(20)21)9-13(14)15(19)17-8-6-11-3-2-7-16-10-11/h2-5,7,9-10H,6,8H2,1H3,(H,17,19). The molecule has 0 unspecified atom stereocenters. The van der Waals surface area contributed by atoms with Crippen molar-refractivity contribution in [1.29, 1.82) is 0 Å². The zero-order chi connectivity index (χ0) is 15.9. The van der Waals surface area contributed by atoms with Crippen LogP contribution in [0.5, 0.6) is 5.75 Å². The largest absolute Gasteiger partial charge is 0.496 e. The second-order valence-electron chi connectivity index (χ2n) is 4.51. The van der Waals surface area contributed by atoms with E-state index in [2.05, 4.69) is 10.3 Å². The topological polar surface area (TPSA) is 94.4 Å². The third-order valence-electron chi connectivity index (χ3n) is 3.06. The second kappa shape index (κ2) is 7.16. The molecule has 0 bridgehead atoms. The Bertz CT molecular complexity index is 674. The van der Waals surface area contributed by atoms with Gasteiger partial charge in [-0.15, -0.1) is 0 Å². The Morgan fingerprint density at radius 2 is 2.23 bits per heavy atom. The minimum absolute atomic E-state index is 0.142. The van der Waals surface area contributed by atoms with Gasteiger partial charge in [-0.3, -0.25) is 19.9 Å². The van der Waals surface area contributed by atoms with E-state index in [9.17, 15) is 14.9 Å². The molecule has 1 amide bonds. The molecule has 114 valence electrons. The van der Waals surface area contributed by atoms with Crippen LogP contribution >= 0.6 is 0 Å². The summed E-state index contributed by atoms with van der Waals surface area (Å²) < 4.78 is 5.07. The Morgan fingerprint density at radius 1 is 1.41 bits per heavy atom. The van der Waals surface area contributed by atoms with Crippen LogP contribution < -0.4 is 10.1 Å². The number of hydrogen-bond acceptors (Lipinski definition) is 5. The van der Waals surface area contributed by atoms with Gasteiger partial charge in [-0.25, -0.2) is 0 Å². The number of amides is 1. The quantitative estimate of drug-likeness (QED) is 0.650. The number of methoxy groups -OCH3 is 1. The van der Waals surface area contributed by atoms with Crippen LogP contribution in [-0.2, 0) is 6.42 Å². The number of pyridine rings is 1. The van der Waals surface area contributed by atoms with Crippen molar-refractivity contribution in [3.05, 3.63) is 64.0 Å². The van der Waals surface area contributed by atoms with Crippen molar-refractivity contribution in [1.82, 2.24) is 10.3 Å². The second-order valence-corrected chi connectivity index (χ2v) is 4.51. The van der Waals surface area contributed by atoms with Crippen LogP contribution in [0.15, 0.2) is 42.7 Å². The van der Waals surface area contributed by atoms with Gasteiger partial charge < -0.3 is 10.1 Å². The number of carbonyl (C=O) groups excluding carboxylic acids is 1. The van der Waals surface area contributed by atoms with Gasteiger partial charge in [0.2, 0.25) is 0 Å². The molecule has 0 aliphatic heterocycles. The zero-order valence-corrected chi connectivity index (χ0v) is 12.0. The summed E-state index contributed by atoms with van der Waals surface area (Å²) in [5, 5.41) is 13.5. The number of rotatable bonds is 6. The van der Waals surface area contributed by atoms with Crippen LogP contribution in [0, 0.1) is 10.1 Å². The van der Waals surface area contributed by atoms with E-state index in [1.165, 1.54) is 25.3 Å². The number of carbonyl (C=O) groups is 1. The minimum Gasteiger partial charge on any atom is -0.496 e. The molecule has 2 rings (SSSR count). The van der Waals surface area contributed by atoms with Crippen molar-refractivity contribution in [2.45, 2.75) is 6.42 Å². The minimum atomic E-state index is -0.550. The van der Waals surface area contributed by atoms with Crippen LogP contribution in [0.4, 0.5) is 5.69 Å². The molecule has 1 aromatic carbocycles. The molecule has 0 aliphatic rings. The van der Waals surface area contributed by atoms with E-state index in [-0.39, 0.29) is 11.3 Å². The lowest BCUT2D eigenvalue weighted by Gasteiger charge is -2.09. The number of nitrogens with one attached hydrogen (secondary N) is 1. The molecule has 1 heterocycles. The van der Waals surface area contributed by atoms with E-state index < -0.39 is 10.8 Å². The van der Waals surface area contributed by atoms with E-state index in [1.807, 2.05) is 12.1 Å². The summed E-state index contributed by atoms with van der Waals surface area (Å²) in [5.74, 6) is -0.117. The lowest BCUT2D eigenvalue weighted by atomic mass is 10.1. The van der Waals surface area contributed by atoms with Gasteiger partial charge in [0.1, 0.15) is 5.75 Å². The van der Waals surface area contributed by atoms with Gasteiger partial charge in [0.05, 0.1) is 17.6 Å². The summed E-state index contributed by atoms with van der Waals surface area (Å²) in [6.45, 7) is 0.399. The third kappa shape index (κ3) is 3.78. The highest BCUT2D eigenvalue weighted by Crippen LogP contribution is 2.23. The van der Waals surface area contributed by atoms with E-state index in [0.29, 0.717) is 18.7 Å². The van der Waals surface area contributed by atoms with Gasteiger partial charge in [-0.05, 0) is 24.1 Å². The van der Waals surface area contributed by atoms with Crippen LogP contribution in [-0.4, -0.2) is 29.5 Å². The molecule has 0 saturated heterocycles. The summed E-state index contributed by atoms with van der Waals surface area (Å²) in [5.41, 5.74) is 0.981. The molecule has 7 nitrogen and oxygen atoms in total. The summed E-state index contributed by atoms with van der Waals surface area (Å²) in [4.78, 5) is 26.4. The number of ether oxygens (including phenoxy) is 1. The highest BCUT2D eigenvalue weighted by atomic mass is 16.6. The van der Waals surface area contributed by atoms with E-state index in [4.69, 9.17) is 4.74 Å². The Kier molecular flexibility index (Phi) is 5.02. The molecular formula is C15H15N3O4. The maximum absolute atomic E-state index is 12.2. The number of hydrogen-bond donors (Lipinski definition) is 1. The first-order chi connectivity index (χ1) is 10.6. The number of benzene rings is 1. The van der Waals surface area contributed by atoms with Crippen LogP contribution in [0.25, 0.3) is 0 Å². The first-order valence-corrected chi connectivity index (χ1v) is 6.61. The van der Waals surface area contributed by atoms with Crippen molar-refractivity contribution < 1.29 is 14.5 Å². The maximum atomic E-state index is 12.2. The van der Waals surface area contributed by atoms with Gasteiger partial charge >= 0.3 is 0 Å². The molecule has 22 heavy (non-hydrogen) atoms. The molecule has 0 radical (unpaired) electrons. The van der Waals surface area contributed by atoms with Crippen molar-refractivity contribution in [2.75, 3.05) is 13.7 Å². The van der Waals surface area contributed by atoms with Crippen molar-refractivity contribution in [3.8, 4) is 5.75 Å². The fraction of sp³-hybridized carbons (Fsp3) is 0.200. The summed E-state index contributed by atoms with van der Waals surface area (Å²) in [6.07, 6.45) is 4.02. The Hall–Kier alpha value is -2.96. The molecule has 1 aromatic heterocycles. The lowest BCUT2D eigenvalue weighted by molar-refractivity contribution is -0.384. The molecule has 7 heteroatoms. The van der Waals surface area contributed by atoms with Gasteiger partial charge in [0, 0.05) is 31.1 Å². The Morgan fingerprint density at radius 3 is 2.86 bits per heavy atom. The molecule has 0 atom stereocenters. The first kappa shape index (κ1) is 15.4.